The Morgan fingerprint density at radius 2 is 0.936 bits per heavy atom. The number of hydrogen-bond acceptors (Lipinski definition) is 0. The molecule has 3 aliphatic rings. The van der Waals surface area contributed by atoms with Crippen LogP contribution in [0.15, 0.2) is 152 Å². The Labute approximate surface area is 274 Å². The molecule has 7 aromatic carbocycles. The van der Waals surface area contributed by atoms with Crippen LogP contribution >= 0.6 is 0 Å². The van der Waals surface area contributed by atoms with Gasteiger partial charge in [0.15, 0.2) is 0 Å². The summed E-state index contributed by atoms with van der Waals surface area (Å²) in [6.07, 6.45) is 0. The average molecular weight is 598 g/mol. The van der Waals surface area contributed by atoms with E-state index in [1.807, 2.05) is 0 Å². The molecule has 8 aromatic rings. The van der Waals surface area contributed by atoms with Crippen LogP contribution in [0.3, 0.4) is 0 Å². The Kier molecular flexibility index (Phi) is 4.66. The van der Waals surface area contributed by atoms with Gasteiger partial charge in [-0.1, -0.05) is 141 Å². The second-order valence-electron chi connectivity index (χ2n) is 14.1. The largest absolute Gasteiger partial charge is 0.309 e. The molecule has 0 N–H and O–H groups in total. The van der Waals surface area contributed by atoms with Crippen molar-refractivity contribution >= 4 is 21.8 Å². The molecule has 220 valence electrons. The average Bonchev–Trinajstić information content (AvgIpc) is 3.72. The summed E-state index contributed by atoms with van der Waals surface area (Å²) >= 11 is 0. The number of aromatic nitrogens is 1. The topological polar surface area (TPSA) is 4.93 Å². The zero-order valence-corrected chi connectivity index (χ0v) is 26.4. The third-order valence-corrected chi connectivity index (χ3v) is 11.6. The standard InChI is InChI=1S/C46H31N/c1-45(2)39-19-9-10-21-43(39)47-42-25-23-28(26-35(42)34-15-11-20-40(45)44(34)47)29-22-24-33-32-14-5-8-18-38(32)46(41(33)27-29)36-16-6-3-12-30(36)31-13-4-7-17-37(31)46/h3-27H,1-2H3. The van der Waals surface area contributed by atoms with Gasteiger partial charge in [-0.2, -0.15) is 0 Å². The van der Waals surface area contributed by atoms with Crippen LogP contribution < -0.4 is 0 Å². The van der Waals surface area contributed by atoms with Gasteiger partial charge in [-0.05, 0) is 91.0 Å². The van der Waals surface area contributed by atoms with E-state index in [1.165, 1.54) is 94.3 Å². The normalized spacial score (nSPS) is 15.4. The minimum atomic E-state index is -0.335. The van der Waals surface area contributed by atoms with E-state index < -0.39 is 0 Å². The first-order valence-electron chi connectivity index (χ1n) is 16.7. The van der Waals surface area contributed by atoms with Crippen molar-refractivity contribution in [3.05, 3.63) is 185 Å². The van der Waals surface area contributed by atoms with Gasteiger partial charge in [-0.25, -0.2) is 0 Å². The number of nitrogens with zero attached hydrogens (tertiary/aromatic N) is 1. The smallest absolute Gasteiger partial charge is 0.0725 e. The van der Waals surface area contributed by atoms with E-state index in [1.54, 1.807) is 0 Å². The van der Waals surface area contributed by atoms with Crippen molar-refractivity contribution < 1.29 is 0 Å². The highest BCUT2D eigenvalue weighted by atomic mass is 15.0. The summed E-state index contributed by atoms with van der Waals surface area (Å²) in [5.74, 6) is 0. The molecule has 1 nitrogen and oxygen atoms in total. The fraction of sp³-hybridized carbons (Fsp3) is 0.0870. The van der Waals surface area contributed by atoms with Crippen molar-refractivity contribution in [1.82, 2.24) is 4.57 Å². The summed E-state index contributed by atoms with van der Waals surface area (Å²) in [5, 5.41) is 2.63. The fourth-order valence-corrected chi connectivity index (χ4v) is 9.62. The van der Waals surface area contributed by atoms with E-state index in [0.717, 1.165) is 0 Å². The summed E-state index contributed by atoms with van der Waals surface area (Å²) in [6.45, 7) is 4.73. The highest BCUT2D eigenvalue weighted by molar-refractivity contribution is 6.12. The molecule has 0 saturated heterocycles. The molecule has 0 unspecified atom stereocenters. The quantitative estimate of drug-likeness (QED) is 0.177. The van der Waals surface area contributed by atoms with Crippen LogP contribution in [0.4, 0.5) is 0 Å². The van der Waals surface area contributed by atoms with Gasteiger partial charge in [-0.15, -0.1) is 0 Å². The Hall–Kier alpha value is -5.66. The molecule has 0 fully saturated rings. The number of fused-ring (bicyclic) bond motifs is 15. The molecule has 0 radical (unpaired) electrons. The third kappa shape index (κ3) is 2.93. The van der Waals surface area contributed by atoms with E-state index in [4.69, 9.17) is 0 Å². The lowest BCUT2D eigenvalue weighted by molar-refractivity contribution is 0.630. The van der Waals surface area contributed by atoms with E-state index in [2.05, 4.69) is 170 Å². The molecule has 11 rings (SSSR count). The molecular weight excluding hydrogens is 567 g/mol. The van der Waals surface area contributed by atoms with Crippen molar-refractivity contribution in [2.75, 3.05) is 0 Å². The Morgan fingerprint density at radius 3 is 1.62 bits per heavy atom. The van der Waals surface area contributed by atoms with Crippen LogP contribution in [-0.4, -0.2) is 4.57 Å². The molecule has 1 heteroatoms. The second-order valence-corrected chi connectivity index (χ2v) is 14.1. The SMILES string of the molecule is CC1(C)c2ccccc2-n2c3ccc(-c4ccc5c(c4)C4(c6ccccc6-c6ccccc64)c4ccccc4-5)cc3c3cccc1c32. The Bertz CT molecular complexity index is 2600. The maximum absolute atomic E-state index is 2.51. The fourth-order valence-electron chi connectivity index (χ4n) is 9.62. The van der Waals surface area contributed by atoms with Crippen LogP contribution in [0.25, 0.3) is 60.9 Å². The molecule has 1 aromatic heterocycles. The highest BCUT2D eigenvalue weighted by Crippen LogP contribution is 2.63. The lowest BCUT2D eigenvalue weighted by Gasteiger charge is -2.34. The predicted octanol–water partition coefficient (Wildman–Crippen LogP) is 11.4. The van der Waals surface area contributed by atoms with Gasteiger partial charge in [0, 0.05) is 16.2 Å². The predicted molar refractivity (Wildman–Crippen MR) is 195 cm³/mol. The van der Waals surface area contributed by atoms with E-state index in [9.17, 15) is 0 Å². The van der Waals surface area contributed by atoms with Gasteiger partial charge in [0.05, 0.1) is 22.1 Å². The van der Waals surface area contributed by atoms with Crippen LogP contribution in [0.1, 0.15) is 47.2 Å². The molecular formula is C46H31N. The molecule has 2 heterocycles. The van der Waals surface area contributed by atoms with Crippen LogP contribution in [0.5, 0.6) is 0 Å². The number of benzene rings is 7. The van der Waals surface area contributed by atoms with Gasteiger partial charge in [0.25, 0.3) is 0 Å². The van der Waals surface area contributed by atoms with Gasteiger partial charge < -0.3 is 4.57 Å². The lowest BCUT2D eigenvalue weighted by atomic mass is 9.70. The molecule has 1 spiro atoms. The van der Waals surface area contributed by atoms with Gasteiger partial charge in [-0.3, -0.25) is 0 Å². The second kappa shape index (κ2) is 8.57. The van der Waals surface area contributed by atoms with E-state index >= 15 is 0 Å². The van der Waals surface area contributed by atoms with Gasteiger partial charge >= 0.3 is 0 Å². The van der Waals surface area contributed by atoms with Crippen molar-refractivity contribution in [3.8, 4) is 39.1 Å². The minimum Gasteiger partial charge on any atom is -0.309 e. The molecule has 0 atom stereocenters. The first-order valence-corrected chi connectivity index (χ1v) is 16.7. The molecule has 1 aliphatic heterocycles. The summed E-state index contributed by atoms with van der Waals surface area (Å²) in [5.41, 5.74) is 19.7. The van der Waals surface area contributed by atoms with Crippen molar-refractivity contribution in [1.29, 1.82) is 0 Å². The van der Waals surface area contributed by atoms with Crippen LogP contribution in [0, 0.1) is 0 Å². The molecule has 0 bridgehead atoms. The van der Waals surface area contributed by atoms with Crippen molar-refractivity contribution in [2.24, 2.45) is 0 Å². The first-order chi connectivity index (χ1) is 23.1. The van der Waals surface area contributed by atoms with Gasteiger partial charge in [0.1, 0.15) is 0 Å². The molecule has 47 heavy (non-hydrogen) atoms. The summed E-state index contributed by atoms with van der Waals surface area (Å²) in [7, 11) is 0. The highest BCUT2D eigenvalue weighted by Gasteiger charge is 2.51. The maximum atomic E-state index is 2.51. The van der Waals surface area contributed by atoms with E-state index in [-0.39, 0.29) is 10.8 Å². The zero-order valence-electron chi connectivity index (χ0n) is 26.4. The number of rotatable bonds is 1. The van der Waals surface area contributed by atoms with Crippen LogP contribution in [-0.2, 0) is 10.8 Å². The summed E-state index contributed by atoms with van der Waals surface area (Å²) in [4.78, 5) is 0. The van der Waals surface area contributed by atoms with Crippen molar-refractivity contribution in [3.63, 3.8) is 0 Å². The summed E-state index contributed by atoms with van der Waals surface area (Å²) in [6, 6.07) is 57.3. The molecule has 2 aliphatic carbocycles. The minimum absolute atomic E-state index is 0.0690. The van der Waals surface area contributed by atoms with Gasteiger partial charge in [0.2, 0.25) is 0 Å². The Morgan fingerprint density at radius 1 is 0.404 bits per heavy atom. The summed E-state index contributed by atoms with van der Waals surface area (Å²) < 4.78 is 2.51. The molecule has 0 amide bonds. The van der Waals surface area contributed by atoms with Crippen molar-refractivity contribution in [2.45, 2.75) is 24.7 Å². The van der Waals surface area contributed by atoms with E-state index in [0.29, 0.717) is 0 Å². The number of hydrogen-bond donors (Lipinski definition) is 0. The monoisotopic (exact) mass is 597 g/mol. The number of para-hydroxylation sites is 2. The zero-order chi connectivity index (χ0) is 31.1. The first kappa shape index (κ1) is 25.5. The molecule has 0 saturated carbocycles. The third-order valence-electron chi connectivity index (χ3n) is 11.6. The Balaban J connectivity index is 1.18. The lowest BCUT2D eigenvalue weighted by Crippen LogP contribution is -2.26. The maximum Gasteiger partial charge on any atom is 0.0725 e. The van der Waals surface area contributed by atoms with Crippen LogP contribution in [0.2, 0.25) is 0 Å².